The van der Waals surface area contributed by atoms with Gasteiger partial charge in [-0.2, -0.15) is 5.26 Å². The molecular weight excluding hydrogens is 731 g/mol. The number of hydrogen-bond acceptors (Lipinski definition) is 10. The van der Waals surface area contributed by atoms with Gasteiger partial charge in [0.05, 0.1) is 44.3 Å². The molecule has 0 spiro atoms. The van der Waals surface area contributed by atoms with Crippen LogP contribution < -0.4 is 10.6 Å². The number of likely N-dealkylation sites (tertiary alicyclic amines) is 2. The average molecular weight is 778 g/mol. The first-order chi connectivity index (χ1) is 27.5. The normalized spacial score (nSPS) is 18.0. The van der Waals surface area contributed by atoms with Gasteiger partial charge in [-0.1, -0.05) is 38.0 Å². The minimum atomic E-state index is -0.917. The van der Waals surface area contributed by atoms with Crippen LogP contribution in [0.5, 0.6) is 0 Å². The van der Waals surface area contributed by atoms with Crippen molar-refractivity contribution in [3.8, 4) is 29.2 Å². The highest BCUT2D eigenvalue weighted by atomic mass is 16.5. The molecule has 2 aliphatic rings. The second-order valence-electron chi connectivity index (χ2n) is 14.5. The summed E-state index contributed by atoms with van der Waals surface area (Å²) in [6.45, 7) is 6.44. The Hall–Kier alpha value is -6.39. The fourth-order valence-electron chi connectivity index (χ4n) is 7.39. The molecule has 16 heteroatoms. The van der Waals surface area contributed by atoms with E-state index in [1.165, 1.54) is 21.3 Å². The molecule has 5 atom stereocenters. The Labute approximate surface area is 330 Å². The van der Waals surface area contributed by atoms with Crippen LogP contribution in [-0.4, -0.2) is 106 Å². The lowest BCUT2D eigenvalue weighted by molar-refractivity contribution is -0.137. The van der Waals surface area contributed by atoms with Crippen LogP contribution in [-0.2, 0) is 23.8 Å². The van der Waals surface area contributed by atoms with Gasteiger partial charge >= 0.3 is 12.2 Å². The molecule has 2 fully saturated rings. The van der Waals surface area contributed by atoms with Crippen LogP contribution in [0.25, 0.3) is 22.0 Å². The number of hydrogen-bond donors (Lipinski definition) is 4. The molecule has 0 saturated carbocycles. The number of alkyl carbamates (subject to hydrolysis) is 2. The van der Waals surface area contributed by atoms with E-state index in [9.17, 15) is 24.4 Å². The van der Waals surface area contributed by atoms with Crippen molar-refractivity contribution in [3.05, 3.63) is 71.2 Å². The van der Waals surface area contributed by atoms with E-state index in [2.05, 4.69) is 48.5 Å². The Balaban J connectivity index is 1.17. The number of nitriles is 1. The molecule has 2 saturated heterocycles. The van der Waals surface area contributed by atoms with Gasteiger partial charge < -0.3 is 44.6 Å². The van der Waals surface area contributed by atoms with Crippen LogP contribution in [0.2, 0.25) is 0 Å². The molecule has 57 heavy (non-hydrogen) atoms. The lowest BCUT2D eigenvalue weighted by Crippen LogP contribution is -2.54. The summed E-state index contributed by atoms with van der Waals surface area (Å²) in [6, 6.07) is 11.6. The van der Waals surface area contributed by atoms with Crippen molar-refractivity contribution < 1.29 is 33.4 Å². The van der Waals surface area contributed by atoms with Gasteiger partial charge in [-0.15, -0.1) is 0 Å². The highest BCUT2D eigenvalue weighted by Crippen LogP contribution is 2.34. The number of carbonyl (C=O) groups excluding carboxylic acids is 4. The van der Waals surface area contributed by atoms with Gasteiger partial charge in [-0.05, 0) is 73.4 Å². The fraction of sp³-hybridized carbons (Fsp3) is 0.439. The standard InChI is InChI=1S/C41H47N9O7/c1-23(2)34(47-40(53)56-5)38(51)50-18-8-10-33(50)37-44-29(30(21-42)45-37)16-12-25-11-13-27-20-28(15-14-26(27)19-25)31-22-43-36(46-31)32-9-7-17-49(32)39(52)35(24(3)55-4)48-41(54)57-6/h11,13-15,19-20,22-24,32-35H,7-10,17-18H2,1-6H3,(H,43,46)(H,44,45)(H,47,53)(H,48,54)/t24-,32?,33?,34+,35?/m1/s1. The lowest BCUT2D eigenvalue weighted by atomic mass is 10.0. The lowest BCUT2D eigenvalue weighted by Gasteiger charge is -2.30. The molecule has 0 bridgehead atoms. The zero-order chi connectivity index (χ0) is 40.8. The Morgan fingerprint density at radius 3 is 2.07 bits per heavy atom. The summed E-state index contributed by atoms with van der Waals surface area (Å²) >= 11 is 0. The highest BCUT2D eigenvalue weighted by molar-refractivity contribution is 5.89. The zero-order valence-electron chi connectivity index (χ0n) is 32.8. The van der Waals surface area contributed by atoms with Crippen molar-refractivity contribution in [2.24, 2.45) is 5.92 Å². The van der Waals surface area contributed by atoms with Crippen molar-refractivity contribution in [3.63, 3.8) is 0 Å². The molecule has 4 heterocycles. The largest absolute Gasteiger partial charge is 0.453 e. The van der Waals surface area contributed by atoms with Crippen molar-refractivity contribution in [1.29, 1.82) is 5.26 Å². The number of fused-ring (bicyclic) bond motifs is 1. The van der Waals surface area contributed by atoms with Gasteiger partial charge in [0.15, 0.2) is 5.69 Å². The molecule has 298 valence electrons. The minimum Gasteiger partial charge on any atom is -0.453 e. The summed E-state index contributed by atoms with van der Waals surface area (Å²) in [4.78, 5) is 70.4. The first-order valence-corrected chi connectivity index (χ1v) is 18.9. The van der Waals surface area contributed by atoms with Gasteiger partial charge in [-0.3, -0.25) is 9.59 Å². The summed E-state index contributed by atoms with van der Waals surface area (Å²) in [5, 5.41) is 17.1. The van der Waals surface area contributed by atoms with E-state index < -0.39 is 36.4 Å². The average Bonchev–Trinajstić information content (AvgIpc) is 4.06. The van der Waals surface area contributed by atoms with Crippen molar-refractivity contribution >= 4 is 34.8 Å². The zero-order valence-corrected chi connectivity index (χ0v) is 32.8. The van der Waals surface area contributed by atoms with Crippen LogP contribution in [0, 0.1) is 29.1 Å². The molecule has 4 amide bonds. The molecule has 6 rings (SSSR count). The monoisotopic (exact) mass is 777 g/mol. The second-order valence-corrected chi connectivity index (χ2v) is 14.5. The number of imidazole rings is 2. The van der Waals surface area contributed by atoms with Gasteiger partial charge in [0.2, 0.25) is 11.8 Å². The third-order valence-corrected chi connectivity index (χ3v) is 10.6. The maximum Gasteiger partial charge on any atom is 0.407 e. The first kappa shape index (κ1) is 40.3. The predicted molar refractivity (Wildman–Crippen MR) is 208 cm³/mol. The summed E-state index contributed by atoms with van der Waals surface area (Å²) in [7, 11) is 3.99. The molecule has 3 unspecified atom stereocenters. The second kappa shape index (κ2) is 17.6. The van der Waals surface area contributed by atoms with Crippen LogP contribution in [0.4, 0.5) is 9.59 Å². The van der Waals surface area contributed by atoms with E-state index in [0.717, 1.165) is 46.9 Å². The van der Waals surface area contributed by atoms with Gasteiger partial charge in [0, 0.05) is 31.3 Å². The third-order valence-electron chi connectivity index (χ3n) is 10.6. The van der Waals surface area contributed by atoms with E-state index in [0.29, 0.717) is 36.9 Å². The van der Waals surface area contributed by atoms with Gasteiger partial charge in [0.1, 0.15) is 35.5 Å². The summed E-state index contributed by atoms with van der Waals surface area (Å²) in [6.07, 6.45) is 2.70. The van der Waals surface area contributed by atoms with Crippen LogP contribution in [0.15, 0.2) is 42.6 Å². The third kappa shape index (κ3) is 8.71. The number of ether oxygens (including phenoxy) is 3. The molecule has 2 aromatic carbocycles. The van der Waals surface area contributed by atoms with Crippen molar-refractivity contribution in [2.75, 3.05) is 34.4 Å². The molecule has 2 aromatic heterocycles. The number of aromatic nitrogens is 4. The number of methoxy groups -OCH3 is 3. The number of amides is 4. The Morgan fingerprint density at radius 1 is 0.825 bits per heavy atom. The van der Waals surface area contributed by atoms with Crippen LogP contribution >= 0.6 is 0 Å². The Bertz CT molecular complexity index is 2250. The number of nitrogens with zero attached hydrogens (tertiary/aromatic N) is 5. The van der Waals surface area contributed by atoms with Crippen LogP contribution in [0.1, 0.15) is 87.1 Å². The Kier molecular flexibility index (Phi) is 12.4. The van der Waals surface area contributed by atoms with Gasteiger partial charge in [0.25, 0.3) is 0 Å². The number of aromatic amines is 2. The maximum absolute atomic E-state index is 13.6. The van der Waals surface area contributed by atoms with Crippen molar-refractivity contribution in [1.82, 2.24) is 40.4 Å². The number of benzene rings is 2. The molecule has 0 radical (unpaired) electrons. The number of rotatable bonds is 10. The van der Waals surface area contributed by atoms with Gasteiger partial charge in [-0.25, -0.2) is 19.6 Å². The summed E-state index contributed by atoms with van der Waals surface area (Å²) in [5.41, 5.74) is 2.95. The highest BCUT2D eigenvalue weighted by Gasteiger charge is 2.40. The Morgan fingerprint density at radius 2 is 1.44 bits per heavy atom. The molecule has 16 nitrogen and oxygen atoms in total. The molecule has 2 aliphatic heterocycles. The molecule has 0 aliphatic carbocycles. The smallest absolute Gasteiger partial charge is 0.407 e. The molecule has 4 N–H and O–H groups in total. The van der Waals surface area contributed by atoms with Crippen molar-refractivity contribution in [2.45, 2.75) is 76.7 Å². The van der Waals surface area contributed by atoms with E-state index in [1.54, 1.807) is 22.9 Å². The first-order valence-electron chi connectivity index (χ1n) is 18.9. The van der Waals surface area contributed by atoms with E-state index >= 15 is 0 Å². The predicted octanol–water partition coefficient (Wildman–Crippen LogP) is 4.69. The van der Waals surface area contributed by atoms with Crippen LogP contribution in [0.3, 0.4) is 0 Å². The topological polar surface area (TPSA) is 208 Å². The fourth-order valence-corrected chi connectivity index (χ4v) is 7.39. The van der Waals surface area contributed by atoms with E-state index in [-0.39, 0.29) is 29.5 Å². The maximum atomic E-state index is 13.6. The number of H-pyrrole nitrogens is 2. The molecule has 4 aromatic rings. The van der Waals surface area contributed by atoms with E-state index in [1.807, 2.05) is 50.2 Å². The number of carbonyl (C=O) groups is 4. The quantitative estimate of drug-likeness (QED) is 0.163. The minimum absolute atomic E-state index is 0.140. The molecular formula is C41H47N9O7. The summed E-state index contributed by atoms with van der Waals surface area (Å²) < 4.78 is 14.9. The van der Waals surface area contributed by atoms with E-state index in [4.69, 9.17) is 14.2 Å². The SMILES string of the molecule is COC(=O)NC(C(=O)N1CCCC1c1ncc(-c2ccc3cc(C#Cc4[nH]c(C5CCCN5C(=O)[C@@H](NC(=O)OC)C(C)C)nc4C#N)ccc3c2)[nH]1)[C@@H](C)OC. The summed E-state index contributed by atoms with van der Waals surface area (Å²) in [5.74, 6) is 6.68. The number of nitrogens with one attached hydrogen (secondary N) is 4.